The van der Waals surface area contributed by atoms with E-state index in [1.54, 1.807) is 0 Å². The van der Waals surface area contributed by atoms with Gasteiger partial charge in [-0.15, -0.1) is 0 Å². The highest BCUT2D eigenvalue weighted by molar-refractivity contribution is 5.27. The quantitative estimate of drug-likeness (QED) is 0.376. The summed E-state index contributed by atoms with van der Waals surface area (Å²) in [6, 6.07) is 16.7. The molecule has 0 heterocycles. The summed E-state index contributed by atoms with van der Waals surface area (Å²) in [5.41, 5.74) is 2.56. The third-order valence-electron chi connectivity index (χ3n) is 4.41. The van der Waals surface area contributed by atoms with Gasteiger partial charge in [-0.3, -0.25) is 0 Å². The molecule has 0 radical (unpaired) electrons. The van der Waals surface area contributed by atoms with Crippen LogP contribution in [0, 0.1) is 0 Å². The first-order chi connectivity index (χ1) is 14.3. The van der Waals surface area contributed by atoms with E-state index in [9.17, 15) is 0 Å². The van der Waals surface area contributed by atoms with Gasteiger partial charge in [-0.25, -0.2) is 0 Å². The van der Waals surface area contributed by atoms with Crippen LogP contribution in [0.2, 0.25) is 0 Å². The van der Waals surface area contributed by atoms with Crippen LogP contribution in [-0.2, 0) is 13.1 Å². The Labute approximate surface area is 176 Å². The monoisotopic (exact) mass is 399 g/mol. The van der Waals surface area contributed by atoms with E-state index in [4.69, 9.17) is 9.47 Å². The molecule has 0 spiro atoms. The van der Waals surface area contributed by atoms with Crippen LogP contribution in [0.4, 0.5) is 0 Å². The van der Waals surface area contributed by atoms with Crippen LogP contribution in [0.3, 0.4) is 0 Å². The molecule has 0 amide bonds. The average molecular weight is 400 g/mol. The average Bonchev–Trinajstić information content (AvgIpc) is 2.76. The number of hydrogen-bond donors (Lipinski definition) is 3. The molecule has 3 N–H and O–H groups in total. The van der Waals surface area contributed by atoms with Gasteiger partial charge in [0.15, 0.2) is 0 Å². The third kappa shape index (κ3) is 10.3. The second kappa shape index (κ2) is 14.9. The Morgan fingerprint density at radius 2 is 0.931 bits per heavy atom. The fourth-order valence-electron chi connectivity index (χ4n) is 2.79. The minimum atomic E-state index is 0.776. The minimum absolute atomic E-state index is 0.776. The van der Waals surface area contributed by atoms with Gasteiger partial charge in [0, 0.05) is 39.3 Å². The first-order valence-electron chi connectivity index (χ1n) is 10.9. The van der Waals surface area contributed by atoms with Crippen molar-refractivity contribution in [2.45, 2.75) is 39.8 Å². The lowest BCUT2D eigenvalue weighted by atomic mass is 10.2. The Morgan fingerprint density at radius 1 is 0.552 bits per heavy atom. The maximum absolute atomic E-state index is 5.61. The number of nitrogens with one attached hydrogen (secondary N) is 3. The lowest BCUT2D eigenvalue weighted by Crippen LogP contribution is -2.32. The summed E-state index contributed by atoms with van der Waals surface area (Å²) in [6.07, 6.45) is 2.07. The van der Waals surface area contributed by atoms with Crippen molar-refractivity contribution in [1.29, 1.82) is 0 Å². The zero-order chi connectivity index (χ0) is 20.6. The molecule has 0 unspecified atom stereocenters. The Hall–Kier alpha value is -2.08. The summed E-state index contributed by atoms with van der Waals surface area (Å²) in [7, 11) is 0. The van der Waals surface area contributed by atoms with E-state index in [1.165, 1.54) is 11.1 Å². The zero-order valence-electron chi connectivity index (χ0n) is 18.0. The van der Waals surface area contributed by atoms with Gasteiger partial charge in [0.2, 0.25) is 0 Å². The van der Waals surface area contributed by atoms with E-state index in [2.05, 4.69) is 54.1 Å². The highest BCUT2D eigenvalue weighted by Gasteiger charge is 1.97. The molecule has 2 aromatic rings. The van der Waals surface area contributed by atoms with E-state index in [0.717, 1.165) is 76.8 Å². The fraction of sp³-hybridized carbons (Fsp3) is 0.500. The second-order valence-electron chi connectivity index (χ2n) is 7.09. The van der Waals surface area contributed by atoms with Crippen molar-refractivity contribution in [3.8, 4) is 11.5 Å². The summed E-state index contributed by atoms with van der Waals surface area (Å²) >= 11 is 0. The molecule has 0 aliphatic carbocycles. The summed E-state index contributed by atoms with van der Waals surface area (Å²) in [5.74, 6) is 1.90. The standard InChI is InChI=1S/C24H37N3O2/c1-3-17-28-23-9-5-21(6-10-23)19-26-15-13-25-14-16-27-20-22-7-11-24(12-8-22)29-18-4-2/h5-12,25-27H,3-4,13-20H2,1-2H3. The van der Waals surface area contributed by atoms with E-state index < -0.39 is 0 Å². The smallest absolute Gasteiger partial charge is 0.119 e. The van der Waals surface area contributed by atoms with E-state index in [-0.39, 0.29) is 0 Å². The highest BCUT2D eigenvalue weighted by Crippen LogP contribution is 2.13. The van der Waals surface area contributed by atoms with Crippen LogP contribution >= 0.6 is 0 Å². The lowest BCUT2D eigenvalue weighted by molar-refractivity contribution is 0.317. The van der Waals surface area contributed by atoms with E-state index in [0.29, 0.717) is 0 Å². The molecule has 5 heteroatoms. The van der Waals surface area contributed by atoms with Crippen molar-refractivity contribution < 1.29 is 9.47 Å². The minimum Gasteiger partial charge on any atom is -0.494 e. The molecule has 0 saturated heterocycles. The molecule has 0 saturated carbocycles. The first kappa shape index (κ1) is 23.2. The molecule has 0 bridgehead atoms. The molecule has 29 heavy (non-hydrogen) atoms. The zero-order valence-corrected chi connectivity index (χ0v) is 18.0. The SMILES string of the molecule is CCCOc1ccc(CNCCNCCNCc2ccc(OCCC)cc2)cc1. The maximum atomic E-state index is 5.61. The molecule has 0 aliphatic rings. The Bertz CT molecular complexity index is 587. The van der Waals surface area contributed by atoms with Crippen LogP contribution < -0.4 is 25.4 Å². The summed E-state index contributed by atoms with van der Waals surface area (Å²) in [6.45, 7) is 11.4. The second-order valence-corrected chi connectivity index (χ2v) is 7.09. The molecule has 160 valence electrons. The van der Waals surface area contributed by atoms with Crippen molar-refractivity contribution in [2.75, 3.05) is 39.4 Å². The van der Waals surface area contributed by atoms with Gasteiger partial charge < -0.3 is 25.4 Å². The van der Waals surface area contributed by atoms with Gasteiger partial charge in [-0.2, -0.15) is 0 Å². The van der Waals surface area contributed by atoms with Crippen LogP contribution in [0.25, 0.3) is 0 Å². The van der Waals surface area contributed by atoms with Gasteiger partial charge >= 0.3 is 0 Å². The van der Waals surface area contributed by atoms with Crippen LogP contribution in [0.15, 0.2) is 48.5 Å². The van der Waals surface area contributed by atoms with E-state index in [1.807, 2.05) is 24.3 Å². The maximum Gasteiger partial charge on any atom is 0.119 e. The third-order valence-corrected chi connectivity index (χ3v) is 4.41. The molecule has 0 aliphatic heterocycles. The summed E-state index contributed by atoms with van der Waals surface area (Å²) in [4.78, 5) is 0. The number of hydrogen-bond acceptors (Lipinski definition) is 5. The Balaban J connectivity index is 1.45. The van der Waals surface area contributed by atoms with Gasteiger partial charge in [-0.05, 0) is 48.2 Å². The Morgan fingerprint density at radius 3 is 1.31 bits per heavy atom. The first-order valence-corrected chi connectivity index (χ1v) is 10.9. The Kier molecular flexibility index (Phi) is 11.9. The largest absolute Gasteiger partial charge is 0.494 e. The fourth-order valence-corrected chi connectivity index (χ4v) is 2.79. The predicted molar refractivity (Wildman–Crippen MR) is 121 cm³/mol. The topological polar surface area (TPSA) is 54.5 Å². The molecule has 0 aromatic heterocycles. The van der Waals surface area contributed by atoms with E-state index >= 15 is 0 Å². The van der Waals surface area contributed by atoms with Crippen LogP contribution in [0.1, 0.15) is 37.8 Å². The van der Waals surface area contributed by atoms with Crippen molar-refractivity contribution in [2.24, 2.45) is 0 Å². The molecule has 5 nitrogen and oxygen atoms in total. The molecule has 0 atom stereocenters. The van der Waals surface area contributed by atoms with Crippen molar-refractivity contribution >= 4 is 0 Å². The van der Waals surface area contributed by atoms with Crippen molar-refractivity contribution in [3.05, 3.63) is 59.7 Å². The predicted octanol–water partition coefficient (Wildman–Crippen LogP) is 3.73. The van der Waals surface area contributed by atoms with Gasteiger partial charge in [0.25, 0.3) is 0 Å². The number of rotatable bonds is 16. The van der Waals surface area contributed by atoms with Crippen LogP contribution in [-0.4, -0.2) is 39.4 Å². The molecular weight excluding hydrogens is 362 g/mol. The molecule has 0 fully saturated rings. The van der Waals surface area contributed by atoms with Crippen LogP contribution in [0.5, 0.6) is 11.5 Å². The summed E-state index contributed by atoms with van der Waals surface area (Å²) < 4.78 is 11.2. The lowest BCUT2D eigenvalue weighted by Gasteiger charge is -2.09. The normalized spacial score (nSPS) is 10.8. The number of benzene rings is 2. The van der Waals surface area contributed by atoms with Gasteiger partial charge in [0.05, 0.1) is 13.2 Å². The van der Waals surface area contributed by atoms with Gasteiger partial charge in [0.1, 0.15) is 11.5 Å². The summed E-state index contributed by atoms with van der Waals surface area (Å²) in [5, 5.41) is 10.4. The van der Waals surface area contributed by atoms with Crippen molar-refractivity contribution in [3.63, 3.8) is 0 Å². The molecular formula is C24H37N3O2. The molecule has 2 rings (SSSR count). The molecule has 2 aromatic carbocycles. The van der Waals surface area contributed by atoms with Crippen molar-refractivity contribution in [1.82, 2.24) is 16.0 Å². The van der Waals surface area contributed by atoms with Gasteiger partial charge in [-0.1, -0.05) is 38.1 Å². The highest BCUT2D eigenvalue weighted by atomic mass is 16.5. The number of ether oxygens (including phenoxy) is 2.